The van der Waals surface area contributed by atoms with Gasteiger partial charge in [0.1, 0.15) is 31.0 Å². The Labute approximate surface area is 278 Å². The predicted octanol–water partition coefficient (Wildman–Crippen LogP) is 4.91. The molecule has 2 atom stereocenters. The van der Waals surface area contributed by atoms with Gasteiger partial charge in [-0.2, -0.15) is 0 Å². The van der Waals surface area contributed by atoms with E-state index >= 15 is 0 Å². The van der Waals surface area contributed by atoms with E-state index in [1.54, 1.807) is 12.1 Å². The number of carboxylic acids is 1. The Morgan fingerprint density at radius 3 is 2.12 bits per heavy atom. The van der Waals surface area contributed by atoms with E-state index in [0.717, 1.165) is 33.4 Å². The van der Waals surface area contributed by atoms with Crippen molar-refractivity contribution in [2.45, 2.75) is 43.9 Å². The predicted molar refractivity (Wildman–Crippen MR) is 178 cm³/mol. The largest absolute Gasteiger partial charge is 0.489 e. The molecule has 1 fully saturated rings. The van der Waals surface area contributed by atoms with E-state index in [0.29, 0.717) is 31.7 Å². The zero-order valence-corrected chi connectivity index (χ0v) is 26.3. The smallest absolute Gasteiger partial charge is 0.407 e. The van der Waals surface area contributed by atoms with Gasteiger partial charge in [0.25, 0.3) is 0 Å². The maximum absolute atomic E-state index is 13.4. The van der Waals surface area contributed by atoms with Crippen molar-refractivity contribution in [2.24, 2.45) is 0 Å². The lowest BCUT2D eigenvalue weighted by Crippen LogP contribution is -2.51. The highest BCUT2D eigenvalue weighted by atomic mass is 16.5. The lowest BCUT2D eigenvalue weighted by Gasteiger charge is -2.23. The summed E-state index contributed by atoms with van der Waals surface area (Å²) in [6.45, 7) is 0.400. The maximum Gasteiger partial charge on any atom is 0.407 e. The molecule has 10 heteroatoms. The Hall–Kier alpha value is -5.64. The van der Waals surface area contributed by atoms with Gasteiger partial charge in [-0.1, -0.05) is 91.0 Å². The van der Waals surface area contributed by atoms with Crippen LogP contribution in [-0.4, -0.2) is 65.7 Å². The minimum Gasteiger partial charge on any atom is -0.489 e. The van der Waals surface area contributed by atoms with Crippen LogP contribution in [0.2, 0.25) is 0 Å². The number of carbonyl (C=O) groups excluding carboxylic acids is 3. The summed E-state index contributed by atoms with van der Waals surface area (Å²) in [5, 5.41) is 14.8. The number of amides is 3. The third-order valence-corrected chi connectivity index (χ3v) is 8.84. The average Bonchev–Trinajstić information content (AvgIpc) is 3.73. The molecular weight excluding hydrogens is 610 g/mol. The number of fused-ring (bicyclic) bond motifs is 3. The topological polar surface area (TPSA) is 134 Å². The van der Waals surface area contributed by atoms with Crippen LogP contribution in [-0.2, 0) is 32.1 Å². The van der Waals surface area contributed by atoms with Crippen molar-refractivity contribution in [2.75, 3.05) is 19.7 Å². The van der Waals surface area contributed by atoms with Crippen molar-refractivity contribution in [1.29, 1.82) is 0 Å². The standard InChI is InChI=1S/C38H37N3O7/c42-35(41-20-8-15-34(41)37(44)45)22-39-36(43)33(21-25-16-18-27(19-17-25)47-23-26-9-2-1-3-10-26)40-38(46)48-24-32-30-13-6-4-11-28(30)29-12-5-7-14-31(29)32/h1-7,9-14,16-19,32-34H,8,15,20-24H2,(H,39,43)(H,40,46)(H,44,45)/t33-,34-/m0/s1. The molecule has 1 aliphatic carbocycles. The summed E-state index contributed by atoms with van der Waals surface area (Å²) < 4.78 is 11.6. The first-order valence-corrected chi connectivity index (χ1v) is 16.0. The van der Waals surface area contributed by atoms with Gasteiger partial charge in [0, 0.05) is 18.9 Å². The first-order chi connectivity index (χ1) is 23.4. The normalized spacial score (nSPS) is 15.6. The number of hydrogen-bond donors (Lipinski definition) is 3. The van der Waals surface area contributed by atoms with Gasteiger partial charge < -0.3 is 30.1 Å². The number of nitrogens with zero attached hydrogens (tertiary/aromatic N) is 1. The number of benzene rings is 4. The number of rotatable bonds is 12. The molecule has 10 nitrogen and oxygen atoms in total. The summed E-state index contributed by atoms with van der Waals surface area (Å²) in [5.74, 6) is -1.66. The van der Waals surface area contributed by atoms with Crippen LogP contribution in [0, 0.1) is 0 Å². The molecule has 0 unspecified atom stereocenters. The molecule has 6 rings (SSSR count). The first kappa shape index (κ1) is 32.3. The van der Waals surface area contributed by atoms with Gasteiger partial charge in [0.15, 0.2) is 0 Å². The van der Waals surface area contributed by atoms with Crippen molar-refractivity contribution in [3.63, 3.8) is 0 Å². The van der Waals surface area contributed by atoms with E-state index < -0.39 is 42.5 Å². The fourth-order valence-electron chi connectivity index (χ4n) is 6.40. The van der Waals surface area contributed by atoms with Gasteiger partial charge in [-0.25, -0.2) is 9.59 Å². The molecule has 0 saturated carbocycles. The molecule has 4 aromatic carbocycles. The summed E-state index contributed by atoms with van der Waals surface area (Å²) in [5.41, 5.74) is 6.11. The number of nitrogens with one attached hydrogen (secondary N) is 2. The molecule has 3 amide bonds. The Morgan fingerprint density at radius 2 is 1.46 bits per heavy atom. The third kappa shape index (κ3) is 7.49. The SMILES string of the molecule is O=C(N[C@@H](Cc1ccc(OCc2ccccc2)cc1)C(=O)NCC(=O)N1CCC[C@H]1C(=O)O)OCC1c2ccccc2-c2ccccc21. The highest BCUT2D eigenvalue weighted by Crippen LogP contribution is 2.44. The summed E-state index contributed by atoms with van der Waals surface area (Å²) in [4.78, 5) is 52.3. The maximum atomic E-state index is 13.4. The van der Waals surface area contributed by atoms with E-state index in [-0.39, 0.29) is 18.9 Å². The van der Waals surface area contributed by atoms with Crippen molar-refractivity contribution in [1.82, 2.24) is 15.5 Å². The molecule has 0 bridgehead atoms. The molecule has 2 aliphatic rings. The van der Waals surface area contributed by atoms with Crippen LogP contribution in [0.5, 0.6) is 5.75 Å². The fourth-order valence-corrected chi connectivity index (χ4v) is 6.40. The van der Waals surface area contributed by atoms with Gasteiger partial charge >= 0.3 is 12.1 Å². The number of aliphatic carboxylic acids is 1. The van der Waals surface area contributed by atoms with Crippen molar-refractivity contribution in [3.05, 3.63) is 125 Å². The molecule has 0 radical (unpaired) electrons. The molecule has 1 heterocycles. The van der Waals surface area contributed by atoms with Gasteiger partial charge in [-0.05, 0) is 58.4 Å². The number of likely N-dealkylation sites (tertiary alicyclic amines) is 1. The monoisotopic (exact) mass is 647 g/mol. The summed E-state index contributed by atoms with van der Waals surface area (Å²) >= 11 is 0. The molecule has 1 aliphatic heterocycles. The molecule has 4 aromatic rings. The zero-order valence-electron chi connectivity index (χ0n) is 26.3. The minimum absolute atomic E-state index is 0.0751. The Morgan fingerprint density at radius 1 is 0.812 bits per heavy atom. The molecule has 246 valence electrons. The van der Waals surface area contributed by atoms with Crippen LogP contribution >= 0.6 is 0 Å². The van der Waals surface area contributed by atoms with Crippen LogP contribution in [0.25, 0.3) is 11.1 Å². The van der Waals surface area contributed by atoms with Gasteiger partial charge in [0.05, 0.1) is 6.54 Å². The van der Waals surface area contributed by atoms with Crippen molar-refractivity contribution >= 4 is 23.9 Å². The number of carboxylic acid groups (broad SMARTS) is 1. The number of carbonyl (C=O) groups is 4. The van der Waals surface area contributed by atoms with E-state index in [9.17, 15) is 24.3 Å². The highest BCUT2D eigenvalue weighted by Gasteiger charge is 2.34. The van der Waals surface area contributed by atoms with Crippen LogP contribution in [0.15, 0.2) is 103 Å². The minimum atomic E-state index is -1.07. The van der Waals surface area contributed by atoms with Gasteiger partial charge in [0.2, 0.25) is 11.8 Å². The number of ether oxygens (including phenoxy) is 2. The van der Waals surface area contributed by atoms with Crippen LogP contribution in [0.1, 0.15) is 41.0 Å². The molecule has 3 N–H and O–H groups in total. The summed E-state index contributed by atoms with van der Waals surface area (Å²) in [7, 11) is 0. The second kappa shape index (κ2) is 14.8. The van der Waals surface area contributed by atoms with Crippen LogP contribution in [0.3, 0.4) is 0 Å². The summed E-state index contributed by atoms with van der Waals surface area (Å²) in [6, 6.07) is 31.0. The number of alkyl carbamates (subject to hydrolysis) is 1. The van der Waals surface area contributed by atoms with Gasteiger partial charge in [-0.3, -0.25) is 9.59 Å². The lowest BCUT2D eigenvalue weighted by atomic mass is 9.98. The second-order valence-electron chi connectivity index (χ2n) is 11.9. The molecule has 0 spiro atoms. The lowest BCUT2D eigenvalue weighted by molar-refractivity contribution is -0.148. The van der Waals surface area contributed by atoms with Gasteiger partial charge in [-0.15, -0.1) is 0 Å². The number of hydrogen-bond acceptors (Lipinski definition) is 6. The summed E-state index contributed by atoms with van der Waals surface area (Å²) in [6.07, 6.45) is 0.293. The highest BCUT2D eigenvalue weighted by molar-refractivity contribution is 5.91. The Bertz CT molecular complexity index is 1730. The second-order valence-corrected chi connectivity index (χ2v) is 11.9. The fraction of sp³-hybridized carbons (Fsp3) is 0.263. The van der Waals surface area contributed by atoms with Crippen molar-refractivity contribution < 1.29 is 33.8 Å². The Balaban J connectivity index is 1.11. The van der Waals surface area contributed by atoms with Crippen molar-refractivity contribution in [3.8, 4) is 16.9 Å². The first-order valence-electron chi connectivity index (χ1n) is 16.0. The van der Waals surface area contributed by atoms with Crippen LogP contribution < -0.4 is 15.4 Å². The third-order valence-electron chi connectivity index (χ3n) is 8.84. The average molecular weight is 648 g/mol. The van der Waals surface area contributed by atoms with E-state index in [1.807, 2.05) is 78.9 Å². The van der Waals surface area contributed by atoms with E-state index in [2.05, 4.69) is 22.8 Å². The quantitative estimate of drug-likeness (QED) is 0.199. The van der Waals surface area contributed by atoms with E-state index in [4.69, 9.17) is 9.47 Å². The molecule has 1 saturated heterocycles. The van der Waals surface area contributed by atoms with Crippen LogP contribution in [0.4, 0.5) is 4.79 Å². The molecular formula is C38H37N3O7. The molecule has 48 heavy (non-hydrogen) atoms. The zero-order chi connectivity index (χ0) is 33.5. The van der Waals surface area contributed by atoms with E-state index in [1.165, 1.54) is 4.90 Å². The molecule has 0 aromatic heterocycles. The Kier molecular flexibility index (Phi) is 9.99.